The van der Waals surface area contributed by atoms with Crippen LogP contribution in [0.5, 0.6) is 5.75 Å². The zero-order valence-corrected chi connectivity index (χ0v) is 17.7. The van der Waals surface area contributed by atoms with E-state index in [0.717, 1.165) is 21.1 Å². The van der Waals surface area contributed by atoms with Crippen molar-refractivity contribution < 1.29 is 9.53 Å². The Morgan fingerprint density at radius 1 is 1.06 bits per heavy atom. The lowest BCUT2D eigenvalue weighted by Crippen LogP contribution is -2.38. The van der Waals surface area contributed by atoms with Crippen LogP contribution in [0.15, 0.2) is 58.4 Å². The van der Waals surface area contributed by atoms with Crippen molar-refractivity contribution in [3.8, 4) is 17.6 Å². The molecule has 162 valence electrons. The van der Waals surface area contributed by atoms with Crippen molar-refractivity contribution in [2.45, 2.75) is 6.54 Å². The number of rotatable bonds is 5. The third kappa shape index (κ3) is 3.98. The van der Waals surface area contributed by atoms with Crippen molar-refractivity contribution in [3.63, 3.8) is 0 Å². The van der Waals surface area contributed by atoms with Gasteiger partial charge in [0.2, 0.25) is 5.91 Å². The van der Waals surface area contributed by atoms with E-state index in [-0.39, 0.29) is 36.8 Å². The molecular formula is C23H21N5O4. The second kappa shape index (κ2) is 8.81. The minimum absolute atomic E-state index is 0.113. The maximum absolute atomic E-state index is 12.4. The molecule has 0 bridgehead atoms. The summed E-state index contributed by atoms with van der Waals surface area (Å²) in [4.78, 5) is 40.8. The topological polar surface area (TPSA) is 100 Å². The number of nitrogens with zero attached hydrogens (tertiary/aromatic N) is 4. The lowest BCUT2D eigenvalue weighted by molar-refractivity contribution is -0.121. The number of ether oxygens (including phenoxy) is 1. The average molecular weight is 431 g/mol. The fourth-order valence-electron chi connectivity index (χ4n) is 3.42. The number of amides is 1. The normalized spacial score (nSPS) is 10.7. The Morgan fingerprint density at radius 2 is 1.84 bits per heavy atom. The number of nitrogens with one attached hydrogen (secondary N) is 1. The number of carbonyl (C=O) groups excluding carboxylic acids is 1. The van der Waals surface area contributed by atoms with Crippen LogP contribution in [-0.4, -0.2) is 37.7 Å². The molecule has 0 unspecified atom stereocenters. The fraction of sp³-hybridized carbons (Fsp3) is 0.217. The third-order valence-corrected chi connectivity index (χ3v) is 5.08. The molecule has 9 nitrogen and oxygen atoms in total. The molecule has 0 aliphatic rings. The molecule has 0 saturated heterocycles. The van der Waals surface area contributed by atoms with Gasteiger partial charge in [-0.1, -0.05) is 48.2 Å². The minimum atomic E-state index is -0.501. The minimum Gasteiger partial charge on any atom is -0.480 e. The lowest BCUT2D eigenvalue weighted by Gasteiger charge is -2.07. The first-order valence-corrected chi connectivity index (χ1v) is 9.91. The van der Waals surface area contributed by atoms with Gasteiger partial charge in [-0.2, -0.15) is 0 Å². The van der Waals surface area contributed by atoms with Crippen LogP contribution in [0, 0.1) is 11.8 Å². The highest BCUT2D eigenvalue weighted by molar-refractivity contribution is 5.88. The summed E-state index contributed by atoms with van der Waals surface area (Å²) < 4.78 is 9.42. The van der Waals surface area contributed by atoms with E-state index in [1.165, 1.54) is 29.6 Å². The molecule has 32 heavy (non-hydrogen) atoms. The molecule has 0 radical (unpaired) electrons. The van der Waals surface area contributed by atoms with E-state index in [1.54, 1.807) is 0 Å². The number of imidazole rings is 1. The number of aromatic nitrogens is 4. The summed E-state index contributed by atoms with van der Waals surface area (Å²) in [6, 6.07) is 13.8. The van der Waals surface area contributed by atoms with Crippen LogP contribution in [0.3, 0.4) is 0 Å². The molecule has 0 aliphatic carbocycles. The molecule has 2 heterocycles. The zero-order valence-electron chi connectivity index (χ0n) is 17.7. The van der Waals surface area contributed by atoms with Gasteiger partial charge in [-0.05, 0) is 11.5 Å². The summed E-state index contributed by atoms with van der Waals surface area (Å²) in [5.41, 5.74) is -0.549. The molecule has 0 aliphatic heterocycles. The van der Waals surface area contributed by atoms with E-state index in [4.69, 9.17) is 4.74 Å². The van der Waals surface area contributed by atoms with Gasteiger partial charge in [-0.3, -0.25) is 18.7 Å². The van der Waals surface area contributed by atoms with Crippen molar-refractivity contribution >= 4 is 27.8 Å². The monoisotopic (exact) mass is 431 g/mol. The summed E-state index contributed by atoms with van der Waals surface area (Å²) in [5, 5.41) is 4.78. The molecular weight excluding hydrogens is 410 g/mol. The largest absolute Gasteiger partial charge is 0.480 e. The molecule has 0 saturated carbocycles. The predicted octanol–water partition coefficient (Wildman–Crippen LogP) is 0.785. The van der Waals surface area contributed by atoms with E-state index in [1.807, 2.05) is 42.5 Å². The molecule has 0 atom stereocenters. The number of hydrogen-bond acceptors (Lipinski definition) is 5. The smallest absolute Gasteiger partial charge is 0.332 e. The molecule has 9 heteroatoms. The SMILES string of the molecule is Cn1c(=O)c2c(ncn2CC(=O)NCC#CCOc2cccc3ccccc23)n(C)c1=O. The molecule has 2 aromatic carbocycles. The molecule has 4 rings (SSSR count). The Bertz CT molecular complexity index is 1500. The summed E-state index contributed by atoms with van der Waals surface area (Å²) in [6.45, 7) is 0.221. The summed E-state index contributed by atoms with van der Waals surface area (Å²) in [7, 11) is 2.91. The van der Waals surface area contributed by atoms with Crippen LogP contribution in [0.25, 0.3) is 21.9 Å². The zero-order chi connectivity index (χ0) is 22.7. The number of hydrogen-bond donors (Lipinski definition) is 1. The number of carbonyl (C=O) groups is 1. The van der Waals surface area contributed by atoms with Crippen molar-refractivity contribution in [2.24, 2.45) is 14.1 Å². The van der Waals surface area contributed by atoms with Crippen LogP contribution in [-0.2, 0) is 25.4 Å². The first-order chi connectivity index (χ1) is 15.5. The first kappa shape index (κ1) is 20.9. The van der Waals surface area contributed by atoms with Crippen LogP contribution >= 0.6 is 0 Å². The van der Waals surface area contributed by atoms with E-state index >= 15 is 0 Å². The highest BCUT2D eigenvalue weighted by atomic mass is 16.5. The Hall–Kier alpha value is -4.32. The van der Waals surface area contributed by atoms with Crippen molar-refractivity contribution in [2.75, 3.05) is 13.2 Å². The quantitative estimate of drug-likeness (QED) is 0.471. The number of aryl methyl sites for hydroxylation is 1. The second-order valence-electron chi connectivity index (χ2n) is 7.15. The summed E-state index contributed by atoms with van der Waals surface area (Å²) in [5.74, 6) is 6.15. The summed E-state index contributed by atoms with van der Waals surface area (Å²) in [6.07, 6.45) is 1.37. The van der Waals surface area contributed by atoms with Crippen LogP contribution in [0.1, 0.15) is 0 Å². The first-order valence-electron chi connectivity index (χ1n) is 9.91. The van der Waals surface area contributed by atoms with Crippen molar-refractivity contribution in [1.82, 2.24) is 24.0 Å². The molecule has 0 spiro atoms. The third-order valence-electron chi connectivity index (χ3n) is 5.08. The Morgan fingerprint density at radius 3 is 2.69 bits per heavy atom. The molecule has 1 N–H and O–H groups in total. The van der Waals surface area contributed by atoms with Crippen LogP contribution in [0.2, 0.25) is 0 Å². The molecule has 4 aromatic rings. The van der Waals surface area contributed by atoms with Crippen LogP contribution in [0.4, 0.5) is 0 Å². The molecule has 0 fully saturated rings. The van der Waals surface area contributed by atoms with Crippen molar-refractivity contribution in [3.05, 3.63) is 69.6 Å². The van der Waals surface area contributed by atoms with Gasteiger partial charge in [0.25, 0.3) is 5.56 Å². The van der Waals surface area contributed by atoms with Gasteiger partial charge in [0.1, 0.15) is 18.9 Å². The van der Waals surface area contributed by atoms with Crippen LogP contribution < -0.4 is 21.3 Å². The standard InChI is InChI=1S/C23H21N5O4/c1-26-21-20(22(30)27(2)23(26)31)28(15-25-21)14-19(29)24-12-5-6-13-32-18-11-7-9-16-8-3-4-10-17(16)18/h3-4,7-11,15H,12-14H2,1-2H3,(H,24,29). The fourth-order valence-corrected chi connectivity index (χ4v) is 3.42. The van der Waals surface area contributed by atoms with Gasteiger partial charge in [-0.15, -0.1) is 0 Å². The predicted molar refractivity (Wildman–Crippen MR) is 120 cm³/mol. The maximum Gasteiger partial charge on any atom is 0.332 e. The highest BCUT2D eigenvalue weighted by Gasteiger charge is 2.15. The highest BCUT2D eigenvalue weighted by Crippen LogP contribution is 2.24. The van der Waals surface area contributed by atoms with E-state index in [9.17, 15) is 14.4 Å². The van der Waals surface area contributed by atoms with E-state index in [2.05, 4.69) is 22.1 Å². The Kier molecular flexibility index (Phi) is 5.77. The van der Waals surface area contributed by atoms with E-state index in [0.29, 0.717) is 0 Å². The second-order valence-corrected chi connectivity index (χ2v) is 7.15. The van der Waals surface area contributed by atoms with Crippen molar-refractivity contribution in [1.29, 1.82) is 0 Å². The summed E-state index contributed by atoms with van der Waals surface area (Å²) >= 11 is 0. The van der Waals surface area contributed by atoms with Gasteiger partial charge < -0.3 is 14.6 Å². The Labute approximate surface area is 182 Å². The average Bonchev–Trinajstić information content (AvgIpc) is 3.22. The Balaban J connectivity index is 1.34. The van der Waals surface area contributed by atoms with Gasteiger partial charge in [0, 0.05) is 19.5 Å². The van der Waals surface area contributed by atoms with Gasteiger partial charge in [0.05, 0.1) is 12.9 Å². The molecule has 2 aromatic heterocycles. The molecule has 1 amide bonds. The van der Waals surface area contributed by atoms with Gasteiger partial charge in [0.15, 0.2) is 11.2 Å². The van der Waals surface area contributed by atoms with Gasteiger partial charge in [-0.25, -0.2) is 9.78 Å². The maximum atomic E-state index is 12.4. The van der Waals surface area contributed by atoms with E-state index < -0.39 is 11.2 Å². The lowest BCUT2D eigenvalue weighted by atomic mass is 10.1. The van der Waals surface area contributed by atoms with Gasteiger partial charge >= 0.3 is 5.69 Å². The number of benzene rings is 2. The number of fused-ring (bicyclic) bond motifs is 2.